The lowest BCUT2D eigenvalue weighted by Gasteiger charge is -2.23. The van der Waals surface area contributed by atoms with Gasteiger partial charge in [0, 0.05) is 24.9 Å². The summed E-state index contributed by atoms with van der Waals surface area (Å²) in [6, 6.07) is 5.81. The molecular weight excluding hydrogens is 240 g/mol. The monoisotopic (exact) mass is 264 g/mol. The second kappa shape index (κ2) is 6.66. The summed E-state index contributed by atoms with van der Waals surface area (Å²) in [6.45, 7) is 5.71. The van der Waals surface area contributed by atoms with Gasteiger partial charge in [0.25, 0.3) is 0 Å². The molecule has 0 spiro atoms. The summed E-state index contributed by atoms with van der Waals surface area (Å²) in [5.74, 6) is 0.740. The third kappa shape index (κ3) is 4.31. The Morgan fingerprint density at radius 1 is 1.42 bits per heavy atom. The number of ether oxygens (including phenoxy) is 2. The van der Waals surface area contributed by atoms with E-state index in [1.54, 1.807) is 0 Å². The topological polar surface area (TPSA) is 56.5 Å². The van der Waals surface area contributed by atoms with Gasteiger partial charge in [-0.2, -0.15) is 0 Å². The van der Waals surface area contributed by atoms with Gasteiger partial charge in [-0.3, -0.25) is 0 Å². The molecule has 1 unspecified atom stereocenters. The molecule has 0 saturated carbocycles. The van der Waals surface area contributed by atoms with Gasteiger partial charge in [-0.1, -0.05) is 0 Å². The van der Waals surface area contributed by atoms with Gasteiger partial charge in [-0.15, -0.1) is 0 Å². The number of nitrogen functional groups attached to an aromatic ring is 1. The first-order valence-electron chi connectivity index (χ1n) is 7.07. The van der Waals surface area contributed by atoms with Crippen LogP contribution in [0.25, 0.3) is 0 Å². The molecule has 1 aromatic carbocycles. The van der Waals surface area contributed by atoms with Crippen molar-refractivity contribution < 1.29 is 9.47 Å². The van der Waals surface area contributed by atoms with Gasteiger partial charge in [0.2, 0.25) is 0 Å². The van der Waals surface area contributed by atoms with Crippen LogP contribution in [0, 0.1) is 0 Å². The van der Waals surface area contributed by atoms with Crippen molar-refractivity contribution in [3.63, 3.8) is 0 Å². The molecule has 2 rings (SSSR count). The van der Waals surface area contributed by atoms with Crippen LogP contribution in [-0.2, 0) is 4.74 Å². The van der Waals surface area contributed by atoms with Crippen molar-refractivity contribution in [1.82, 2.24) is 0 Å². The normalized spacial score (nSPS) is 19.4. The Bertz CT molecular complexity index is 401. The molecule has 1 heterocycles. The first-order chi connectivity index (χ1) is 9.15. The van der Waals surface area contributed by atoms with Crippen LogP contribution in [0.2, 0.25) is 0 Å². The molecule has 3 N–H and O–H groups in total. The van der Waals surface area contributed by atoms with Gasteiger partial charge < -0.3 is 20.5 Å². The highest BCUT2D eigenvalue weighted by molar-refractivity contribution is 5.61. The molecule has 0 radical (unpaired) electrons. The quantitative estimate of drug-likeness (QED) is 0.803. The van der Waals surface area contributed by atoms with Gasteiger partial charge in [-0.25, -0.2) is 0 Å². The van der Waals surface area contributed by atoms with E-state index in [2.05, 4.69) is 5.32 Å². The Balaban J connectivity index is 1.92. The highest BCUT2D eigenvalue weighted by Crippen LogP contribution is 2.26. The van der Waals surface area contributed by atoms with Gasteiger partial charge in [0.05, 0.1) is 17.9 Å². The Morgan fingerprint density at radius 3 is 2.95 bits per heavy atom. The minimum atomic E-state index is 0.124. The molecule has 0 aliphatic carbocycles. The summed E-state index contributed by atoms with van der Waals surface area (Å²) < 4.78 is 11.4. The number of anilines is 2. The zero-order valence-electron chi connectivity index (χ0n) is 11.8. The number of hydrogen-bond donors (Lipinski definition) is 2. The van der Waals surface area contributed by atoms with Gasteiger partial charge in [0.15, 0.2) is 0 Å². The molecule has 1 aromatic rings. The van der Waals surface area contributed by atoms with E-state index in [0.29, 0.717) is 11.8 Å². The predicted octanol–water partition coefficient (Wildman–Crippen LogP) is 3.04. The van der Waals surface area contributed by atoms with Crippen molar-refractivity contribution in [2.75, 3.05) is 24.2 Å². The lowest BCUT2D eigenvalue weighted by Crippen LogP contribution is -2.27. The largest absolute Gasteiger partial charge is 0.489 e. The molecule has 1 aliphatic rings. The van der Waals surface area contributed by atoms with E-state index in [1.165, 1.54) is 12.8 Å². The van der Waals surface area contributed by atoms with E-state index in [9.17, 15) is 0 Å². The smallest absolute Gasteiger partial charge is 0.144 e. The maximum Gasteiger partial charge on any atom is 0.144 e. The Hall–Kier alpha value is -1.42. The van der Waals surface area contributed by atoms with Crippen LogP contribution in [0.4, 0.5) is 11.4 Å². The lowest BCUT2D eigenvalue weighted by atomic mass is 10.1. The number of rotatable bonds is 5. The molecule has 19 heavy (non-hydrogen) atoms. The SMILES string of the molecule is CC(C)Oc1cc(NCC2CCCCO2)ccc1N. The Kier molecular flexibility index (Phi) is 4.91. The Labute approximate surface area is 115 Å². The summed E-state index contributed by atoms with van der Waals surface area (Å²) in [5, 5.41) is 3.39. The van der Waals surface area contributed by atoms with Crippen molar-refractivity contribution in [2.45, 2.75) is 45.3 Å². The molecule has 1 aliphatic heterocycles. The predicted molar refractivity (Wildman–Crippen MR) is 78.7 cm³/mol. The molecule has 0 aromatic heterocycles. The molecule has 106 valence electrons. The molecule has 1 atom stereocenters. The van der Waals surface area contributed by atoms with Crippen LogP contribution >= 0.6 is 0 Å². The third-order valence-electron chi connectivity index (χ3n) is 3.18. The molecule has 0 bridgehead atoms. The van der Waals surface area contributed by atoms with Crippen molar-refractivity contribution in [3.05, 3.63) is 18.2 Å². The van der Waals surface area contributed by atoms with Crippen LogP contribution in [-0.4, -0.2) is 25.4 Å². The van der Waals surface area contributed by atoms with Crippen LogP contribution in [0.3, 0.4) is 0 Å². The average molecular weight is 264 g/mol. The molecular formula is C15H24N2O2. The van der Waals surface area contributed by atoms with E-state index in [-0.39, 0.29) is 6.10 Å². The first-order valence-corrected chi connectivity index (χ1v) is 7.07. The maximum atomic E-state index is 5.90. The molecule has 4 heteroatoms. The van der Waals surface area contributed by atoms with Gasteiger partial charge in [-0.05, 0) is 45.2 Å². The summed E-state index contributed by atoms with van der Waals surface area (Å²) in [7, 11) is 0. The summed E-state index contributed by atoms with van der Waals surface area (Å²) in [5.41, 5.74) is 7.60. The summed E-state index contributed by atoms with van der Waals surface area (Å²) in [6.07, 6.45) is 4.03. The molecule has 4 nitrogen and oxygen atoms in total. The fraction of sp³-hybridized carbons (Fsp3) is 0.600. The van der Waals surface area contributed by atoms with E-state index < -0.39 is 0 Å². The zero-order chi connectivity index (χ0) is 13.7. The van der Waals surface area contributed by atoms with Gasteiger partial charge in [0.1, 0.15) is 5.75 Å². The van der Waals surface area contributed by atoms with Gasteiger partial charge >= 0.3 is 0 Å². The average Bonchev–Trinajstić information content (AvgIpc) is 2.40. The highest BCUT2D eigenvalue weighted by atomic mass is 16.5. The first kappa shape index (κ1) is 14.0. The number of nitrogens with two attached hydrogens (primary N) is 1. The number of nitrogens with one attached hydrogen (secondary N) is 1. The minimum absolute atomic E-state index is 0.124. The highest BCUT2D eigenvalue weighted by Gasteiger charge is 2.13. The second-order valence-corrected chi connectivity index (χ2v) is 5.29. The molecule has 1 saturated heterocycles. The van der Waals surface area contributed by atoms with Crippen molar-refractivity contribution in [2.24, 2.45) is 0 Å². The fourth-order valence-electron chi connectivity index (χ4n) is 2.20. The minimum Gasteiger partial charge on any atom is -0.489 e. The van der Waals surface area contributed by atoms with E-state index in [4.69, 9.17) is 15.2 Å². The standard InChI is InChI=1S/C15H24N2O2/c1-11(2)19-15-9-12(6-7-14(15)16)17-10-13-5-3-4-8-18-13/h6-7,9,11,13,17H,3-5,8,10,16H2,1-2H3. The van der Waals surface area contributed by atoms with Crippen molar-refractivity contribution in [1.29, 1.82) is 0 Å². The second-order valence-electron chi connectivity index (χ2n) is 5.29. The van der Waals surface area contributed by atoms with Crippen LogP contribution in [0.1, 0.15) is 33.1 Å². The summed E-state index contributed by atoms with van der Waals surface area (Å²) in [4.78, 5) is 0. The molecule has 1 fully saturated rings. The maximum absolute atomic E-state index is 5.90. The van der Waals surface area contributed by atoms with Crippen molar-refractivity contribution >= 4 is 11.4 Å². The lowest BCUT2D eigenvalue weighted by molar-refractivity contribution is 0.0247. The third-order valence-corrected chi connectivity index (χ3v) is 3.18. The van der Waals surface area contributed by atoms with E-state index in [1.807, 2.05) is 32.0 Å². The fourth-order valence-corrected chi connectivity index (χ4v) is 2.20. The summed E-state index contributed by atoms with van der Waals surface area (Å²) >= 11 is 0. The van der Waals surface area contributed by atoms with E-state index in [0.717, 1.165) is 31.0 Å². The molecule has 0 amide bonds. The van der Waals surface area contributed by atoms with Crippen LogP contribution in [0.5, 0.6) is 5.75 Å². The van der Waals surface area contributed by atoms with Crippen molar-refractivity contribution in [3.8, 4) is 5.75 Å². The van der Waals surface area contributed by atoms with Crippen LogP contribution < -0.4 is 15.8 Å². The number of hydrogen-bond acceptors (Lipinski definition) is 4. The zero-order valence-corrected chi connectivity index (χ0v) is 11.8. The number of benzene rings is 1. The Morgan fingerprint density at radius 2 is 2.26 bits per heavy atom. The van der Waals surface area contributed by atoms with E-state index >= 15 is 0 Å². The van der Waals surface area contributed by atoms with Crippen LogP contribution in [0.15, 0.2) is 18.2 Å².